The predicted molar refractivity (Wildman–Crippen MR) is 65.8 cm³/mol. The molecule has 0 aromatic carbocycles. The minimum Gasteiger partial charge on any atom is -0.369 e. The van der Waals surface area contributed by atoms with E-state index < -0.39 is 0 Å². The molecule has 1 aliphatic carbocycles. The molecular formula is C12H25N3O. The van der Waals surface area contributed by atoms with E-state index in [-0.39, 0.29) is 11.8 Å². The monoisotopic (exact) mass is 227 g/mol. The van der Waals surface area contributed by atoms with Gasteiger partial charge in [0.05, 0.1) is 0 Å². The van der Waals surface area contributed by atoms with E-state index in [4.69, 9.17) is 11.5 Å². The van der Waals surface area contributed by atoms with Gasteiger partial charge in [0.2, 0.25) is 5.91 Å². The van der Waals surface area contributed by atoms with Crippen LogP contribution in [0.1, 0.15) is 32.6 Å². The molecule has 94 valence electrons. The first-order valence-electron chi connectivity index (χ1n) is 6.26. The van der Waals surface area contributed by atoms with Crippen molar-refractivity contribution in [3.63, 3.8) is 0 Å². The van der Waals surface area contributed by atoms with Gasteiger partial charge in [0.15, 0.2) is 0 Å². The zero-order valence-electron chi connectivity index (χ0n) is 10.5. The van der Waals surface area contributed by atoms with Crippen molar-refractivity contribution in [2.24, 2.45) is 23.3 Å². The fourth-order valence-corrected chi connectivity index (χ4v) is 2.70. The maximum Gasteiger partial charge on any atom is 0.221 e. The number of nitrogens with two attached hydrogens (primary N) is 2. The second-order valence-electron chi connectivity index (χ2n) is 5.09. The van der Waals surface area contributed by atoms with Gasteiger partial charge >= 0.3 is 0 Å². The average Bonchev–Trinajstić information content (AvgIpc) is 2.28. The molecule has 3 atom stereocenters. The third kappa shape index (κ3) is 3.46. The number of amides is 1. The lowest BCUT2D eigenvalue weighted by Crippen LogP contribution is -2.46. The number of hydrogen-bond donors (Lipinski definition) is 2. The first-order valence-corrected chi connectivity index (χ1v) is 6.26. The Kier molecular flexibility index (Phi) is 5.22. The first kappa shape index (κ1) is 13.5. The molecule has 1 fully saturated rings. The van der Waals surface area contributed by atoms with E-state index >= 15 is 0 Å². The Hall–Kier alpha value is -0.610. The highest BCUT2D eigenvalue weighted by molar-refractivity contribution is 5.76. The van der Waals surface area contributed by atoms with Crippen LogP contribution >= 0.6 is 0 Å². The number of primary amides is 1. The van der Waals surface area contributed by atoms with Gasteiger partial charge in [-0.2, -0.15) is 0 Å². The van der Waals surface area contributed by atoms with Gasteiger partial charge in [-0.1, -0.05) is 19.8 Å². The summed E-state index contributed by atoms with van der Waals surface area (Å²) >= 11 is 0. The smallest absolute Gasteiger partial charge is 0.221 e. The van der Waals surface area contributed by atoms with E-state index in [1.807, 2.05) is 6.92 Å². The van der Waals surface area contributed by atoms with E-state index in [0.29, 0.717) is 12.0 Å². The van der Waals surface area contributed by atoms with Crippen LogP contribution in [-0.2, 0) is 4.79 Å². The molecule has 0 saturated heterocycles. The maximum atomic E-state index is 11.0. The topological polar surface area (TPSA) is 72.3 Å². The number of hydrogen-bond acceptors (Lipinski definition) is 3. The lowest BCUT2D eigenvalue weighted by atomic mass is 9.83. The molecule has 1 rings (SSSR count). The Bertz CT molecular complexity index is 232. The highest BCUT2D eigenvalue weighted by Gasteiger charge is 2.28. The van der Waals surface area contributed by atoms with Crippen molar-refractivity contribution in [1.82, 2.24) is 4.90 Å². The normalized spacial score (nSPS) is 28.0. The molecule has 0 heterocycles. The molecule has 0 radical (unpaired) electrons. The van der Waals surface area contributed by atoms with E-state index in [2.05, 4.69) is 11.9 Å². The average molecular weight is 227 g/mol. The SMILES string of the molecule is CC(CN(C)C1CCCCC1CN)C(N)=O. The standard InChI is InChI=1S/C12H25N3O/c1-9(12(14)16)8-15(2)11-6-4-3-5-10(11)7-13/h9-11H,3-8,13H2,1-2H3,(H2,14,16). The summed E-state index contributed by atoms with van der Waals surface area (Å²) in [4.78, 5) is 13.3. The molecule has 0 spiro atoms. The summed E-state index contributed by atoms with van der Waals surface area (Å²) in [5, 5.41) is 0. The molecule has 0 bridgehead atoms. The van der Waals surface area contributed by atoms with Gasteiger partial charge in [-0.05, 0) is 32.4 Å². The van der Waals surface area contributed by atoms with Crippen molar-refractivity contribution in [3.8, 4) is 0 Å². The van der Waals surface area contributed by atoms with Crippen molar-refractivity contribution in [2.45, 2.75) is 38.6 Å². The summed E-state index contributed by atoms with van der Waals surface area (Å²) in [6.45, 7) is 3.38. The highest BCUT2D eigenvalue weighted by atomic mass is 16.1. The van der Waals surface area contributed by atoms with E-state index in [1.54, 1.807) is 0 Å². The van der Waals surface area contributed by atoms with Crippen LogP contribution in [0.5, 0.6) is 0 Å². The van der Waals surface area contributed by atoms with Crippen molar-refractivity contribution >= 4 is 5.91 Å². The Morgan fingerprint density at radius 2 is 2.06 bits per heavy atom. The Morgan fingerprint density at radius 3 is 2.62 bits per heavy atom. The fraction of sp³-hybridized carbons (Fsp3) is 0.917. The number of carbonyl (C=O) groups excluding carboxylic acids is 1. The number of nitrogens with zero attached hydrogens (tertiary/aromatic N) is 1. The molecule has 1 saturated carbocycles. The largest absolute Gasteiger partial charge is 0.369 e. The summed E-state index contributed by atoms with van der Waals surface area (Å²) in [5.41, 5.74) is 11.1. The molecule has 0 aromatic heterocycles. The maximum absolute atomic E-state index is 11.0. The Labute approximate surface area is 98.3 Å². The van der Waals surface area contributed by atoms with Crippen LogP contribution in [0.3, 0.4) is 0 Å². The van der Waals surface area contributed by atoms with Crippen molar-refractivity contribution < 1.29 is 4.79 Å². The van der Waals surface area contributed by atoms with Crippen LogP contribution in [-0.4, -0.2) is 37.0 Å². The predicted octanol–water partition coefficient (Wildman–Crippen LogP) is 0.557. The molecule has 16 heavy (non-hydrogen) atoms. The van der Waals surface area contributed by atoms with Crippen LogP contribution in [0.2, 0.25) is 0 Å². The highest BCUT2D eigenvalue weighted by Crippen LogP contribution is 2.27. The van der Waals surface area contributed by atoms with Gasteiger partial charge in [-0.25, -0.2) is 0 Å². The second-order valence-corrected chi connectivity index (χ2v) is 5.09. The van der Waals surface area contributed by atoms with Crippen molar-refractivity contribution in [2.75, 3.05) is 20.1 Å². The van der Waals surface area contributed by atoms with Crippen LogP contribution in [0.4, 0.5) is 0 Å². The van der Waals surface area contributed by atoms with Gasteiger partial charge in [0.25, 0.3) is 0 Å². The van der Waals surface area contributed by atoms with E-state index in [0.717, 1.165) is 13.1 Å². The molecule has 0 aliphatic heterocycles. The molecule has 0 aromatic rings. The van der Waals surface area contributed by atoms with Crippen LogP contribution in [0, 0.1) is 11.8 Å². The van der Waals surface area contributed by atoms with Gasteiger partial charge in [-0.15, -0.1) is 0 Å². The summed E-state index contributed by atoms with van der Waals surface area (Å²) < 4.78 is 0. The van der Waals surface area contributed by atoms with Gasteiger partial charge < -0.3 is 16.4 Å². The van der Waals surface area contributed by atoms with Crippen molar-refractivity contribution in [3.05, 3.63) is 0 Å². The summed E-state index contributed by atoms with van der Waals surface area (Å²) in [6.07, 6.45) is 4.98. The molecule has 4 nitrogen and oxygen atoms in total. The summed E-state index contributed by atoms with van der Waals surface area (Å²) in [6, 6.07) is 0.528. The number of rotatable bonds is 5. The Balaban J connectivity index is 2.50. The summed E-state index contributed by atoms with van der Waals surface area (Å²) in [5.74, 6) is 0.288. The molecule has 4 N–H and O–H groups in total. The van der Waals surface area contributed by atoms with E-state index in [1.165, 1.54) is 25.7 Å². The van der Waals surface area contributed by atoms with E-state index in [9.17, 15) is 4.79 Å². The van der Waals surface area contributed by atoms with Gasteiger partial charge in [0, 0.05) is 18.5 Å². The molecule has 1 amide bonds. The minimum atomic E-state index is -0.216. The molecule has 4 heteroatoms. The quantitative estimate of drug-likeness (QED) is 0.720. The zero-order valence-corrected chi connectivity index (χ0v) is 10.5. The van der Waals surface area contributed by atoms with Crippen LogP contribution < -0.4 is 11.5 Å². The zero-order chi connectivity index (χ0) is 12.1. The third-order valence-corrected chi connectivity index (χ3v) is 3.79. The summed E-state index contributed by atoms with van der Waals surface area (Å²) in [7, 11) is 2.08. The lowest BCUT2D eigenvalue weighted by molar-refractivity contribution is -0.122. The lowest BCUT2D eigenvalue weighted by Gasteiger charge is -2.38. The Morgan fingerprint density at radius 1 is 1.44 bits per heavy atom. The van der Waals surface area contributed by atoms with Crippen molar-refractivity contribution in [1.29, 1.82) is 0 Å². The van der Waals surface area contributed by atoms with Gasteiger partial charge in [-0.3, -0.25) is 4.79 Å². The molecular weight excluding hydrogens is 202 g/mol. The molecule has 3 unspecified atom stereocenters. The fourth-order valence-electron chi connectivity index (χ4n) is 2.70. The number of carbonyl (C=O) groups is 1. The van der Waals surface area contributed by atoms with Crippen LogP contribution in [0.25, 0.3) is 0 Å². The van der Waals surface area contributed by atoms with Gasteiger partial charge in [0.1, 0.15) is 0 Å². The third-order valence-electron chi connectivity index (χ3n) is 3.79. The van der Waals surface area contributed by atoms with Crippen LogP contribution in [0.15, 0.2) is 0 Å². The second kappa shape index (κ2) is 6.21. The minimum absolute atomic E-state index is 0.0784. The first-order chi connectivity index (χ1) is 7.56. The molecule has 1 aliphatic rings.